The summed E-state index contributed by atoms with van der Waals surface area (Å²) in [6.45, 7) is 6.09. The fourth-order valence-corrected chi connectivity index (χ4v) is 5.06. The summed E-state index contributed by atoms with van der Waals surface area (Å²) in [6, 6.07) is 12.4. The molecule has 7 nitrogen and oxygen atoms in total. The van der Waals surface area contributed by atoms with Gasteiger partial charge in [-0.3, -0.25) is 4.79 Å². The Labute approximate surface area is 215 Å². The predicted molar refractivity (Wildman–Crippen MR) is 136 cm³/mol. The number of carbonyl (C=O) groups is 2. The zero-order valence-corrected chi connectivity index (χ0v) is 21.6. The molecule has 2 aromatic rings. The van der Waals surface area contributed by atoms with Gasteiger partial charge in [0.1, 0.15) is 19.0 Å². The van der Waals surface area contributed by atoms with Gasteiger partial charge >= 0.3 is 5.97 Å². The van der Waals surface area contributed by atoms with Crippen LogP contribution in [0.25, 0.3) is 0 Å². The van der Waals surface area contributed by atoms with Crippen molar-refractivity contribution in [2.75, 3.05) is 20.3 Å². The zero-order chi connectivity index (χ0) is 26.0. The number of halogens is 1. The highest BCUT2D eigenvalue weighted by atomic mass is 35.5. The highest BCUT2D eigenvalue weighted by Crippen LogP contribution is 2.48. The number of carbonyl (C=O) groups excluding carboxylic acids is 2. The number of hydrogen-bond donors (Lipinski definition) is 2. The fourth-order valence-electron chi connectivity index (χ4n) is 4.84. The first kappa shape index (κ1) is 25.6. The molecule has 1 aliphatic carbocycles. The quantitative estimate of drug-likeness (QED) is 0.386. The number of rotatable bonds is 7. The van der Waals surface area contributed by atoms with Crippen molar-refractivity contribution in [3.05, 3.63) is 75.6 Å². The predicted octanol–water partition coefficient (Wildman–Crippen LogP) is 5.28. The lowest BCUT2D eigenvalue weighted by Crippen LogP contribution is -2.38. The molecule has 0 spiro atoms. The number of phenolic OH excluding ortho intramolecular Hbond substituents is 1. The van der Waals surface area contributed by atoms with Gasteiger partial charge in [0.15, 0.2) is 17.3 Å². The van der Waals surface area contributed by atoms with E-state index >= 15 is 0 Å². The van der Waals surface area contributed by atoms with Crippen LogP contribution >= 0.6 is 11.6 Å². The van der Waals surface area contributed by atoms with Crippen LogP contribution in [0.2, 0.25) is 5.02 Å². The van der Waals surface area contributed by atoms with Crippen LogP contribution in [0.4, 0.5) is 0 Å². The minimum absolute atomic E-state index is 0.0315. The number of nitrogens with one attached hydrogen (secondary N) is 1. The number of esters is 1. The second-order valence-electron chi connectivity index (χ2n) is 9.78. The second-order valence-corrected chi connectivity index (χ2v) is 10.2. The molecule has 2 N–H and O–H groups in total. The van der Waals surface area contributed by atoms with E-state index in [9.17, 15) is 14.7 Å². The summed E-state index contributed by atoms with van der Waals surface area (Å²) >= 11 is 6.30. The minimum atomic E-state index is -0.723. The summed E-state index contributed by atoms with van der Waals surface area (Å²) in [6.07, 6.45) is 0.997. The molecule has 1 heterocycles. The summed E-state index contributed by atoms with van der Waals surface area (Å²) in [7, 11) is 1.42. The van der Waals surface area contributed by atoms with E-state index in [-0.39, 0.29) is 40.9 Å². The molecule has 4 rings (SSSR count). The average molecular weight is 512 g/mol. The normalized spacial score (nSPS) is 18.9. The molecule has 1 atom stereocenters. The summed E-state index contributed by atoms with van der Waals surface area (Å²) < 4.78 is 16.5. The summed E-state index contributed by atoms with van der Waals surface area (Å²) in [5.41, 5.74) is 2.54. The highest BCUT2D eigenvalue weighted by Gasteiger charge is 2.43. The molecule has 0 fully saturated rings. The first-order chi connectivity index (χ1) is 17.1. The molecule has 0 saturated carbocycles. The number of aromatic hydroxyl groups is 1. The minimum Gasteiger partial charge on any atom is -0.503 e. The lowest BCUT2D eigenvalue weighted by molar-refractivity contribution is -0.140. The first-order valence-corrected chi connectivity index (χ1v) is 12.1. The molecular weight excluding hydrogens is 482 g/mol. The van der Waals surface area contributed by atoms with Gasteiger partial charge in [0, 0.05) is 29.3 Å². The van der Waals surface area contributed by atoms with Crippen molar-refractivity contribution in [2.45, 2.75) is 39.5 Å². The number of benzene rings is 2. The number of methoxy groups -OCH3 is 1. The van der Waals surface area contributed by atoms with E-state index in [0.717, 1.165) is 5.70 Å². The van der Waals surface area contributed by atoms with Crippen LogP contribution in [0.3, 0.4) is 0 Å². The molecule has 0 saturated heterocycles. The Kier molecular flexibility index (Phi) is 7.31. The van der Waals surface area contributed by atoms with Crippen LogP contribution < -0.4 is 14.8 Å². The molecule has 8 heteroatoms. The monoisotopic (exact) mass is 511 g/mol. The second kappa shape index (κ2) is 10.3. The van der Waals surface area contributed by atoms with Crippen molar-refractivity contribution in [2.24, 2.45) is 5.41 Å². The van der Waals surface area contributed by atoms with Gasteiger partial charge in [-0.25, -0.2) is 4.79 Å². The van der Waals surface area contributed by atoms with Gasteiger partial charge in [-0.15, -0.1) is 0 Å². The maximum absolute atomic E-state index is 13.4. The molecular formula is C28H30ClNO6. The van der Waals surface area contributed by atoms with Crippen LogP contribution in [0.5, 0.6) is 17.2 Å². The maximum atomic E-state index is 13.4. The molecule has 190 valence electrons. The summed E-state index contributed by atoms with van der Waals surface area (Å²) in [5, 5.41) is 13.6. The average Bonchev–Trinajstić information content (AvgIpc) is 2.82. The number of Topliss-reactive ketones (excluding diaryl/α,β-unsaturated/α-hetero) is 1. The van der Waals surface area contributed by atoms with Gasteiger partial charge in [-0.2, -0.15) is 0 Å². The van der Waals surface area contributed by atoms with Crippen LogP contribution in [-0.4, -0.2) is 37.2 Å². The molecule has 2 aromatic carbocycles. The zero-order valence-electron chi connectivity index (χ0n) is 20.8. The third-order valence-electron chi connectivity index (χ3n) is 6.39. The van der Waals surface area contributed by atoms with E-state index in [2.05, 4.69) is 5.32 Å². The maximum Gasteiger partial charge on any atom is 0.336 e. The largest absolute Gasteiger partial charge is 0.503 e. The summed E-state index contributed by atoms with van der Waals surface area (Å²) in [5.74, 6) is -0.703. The van der Waals surface area contributed by atoms with E-state index < -0.39 is 11.9 Å². The summed E-state index contributed by atoms with van der Waals surface area (Å²) in [4.78, 5) is 26.8. The van der Waals surface area contributed by atoms with Gasteiger partial charge in [0.2, 0.25) is 0 Å². The van der Waals surface area contributed by atoms with Crippen molar-refractivity contribution in [1.82, 2.24) is 5.32 Å². The Morgan fingerprint density at radius 3 is 2.58 bits per heavy atom. The van der Waals surface area contributed by atoms with Gasteiger partial charge in [0.25, 0.3) is 0 Å². The smallest absolute Gasteiger partial charge is 0.336 e. The molecule has 0 bridgehead atoms. The van der Waals surface area contributed by atoms with E-state index in [1.54, 1.807) is 19.1 Å². The fraction of sp³-hybridized carbons (Fsp3) is 0.357. The van der Waals surface area contributed by atoms with Crippen molar-refractivity contribution >= 4 is 23.4 Å². The van der Waals surface area contributed by atoms with Crippen molar-refractivity contribution < 1.29 is 28.9 Å². The Hall–Kier alpha value is -3.45. The first-order valence-electron chi connectivity index (χ1n) is 11.8. The number of phenols is 1. The molecule has 1 aliphatic heterocycles. The Bertz CT molecular complexity index is 1250. The molecule has 0 aromatic heterocycles. The van der Waals surface area contributed by atoms with Gasteiger partial charge in [-0.1, -0.05) is 43.6 Å². The van der Waals surface area contributed by atoms with Crippen molar-refractivity contribution in [3.8, 4) is 17.2 Å². The lowest BCUT2D eigenvalue weighted by atomic mass is 9.68. The topological polar surface area (TPSA) is 94.1 Å². The van der Waals surface area contributed by atoms with Crippen molar-refractivity contribution in [3.63, 3.8) is 0 Å². The van der Waals surface area contributed by atoms with E-state index in [0.29, 0.717) is 41.0 Å². The third-order valence-corrected chi connectivity index (χ3v) is 6.68. The Morgan fingerprint density at radius 2 is 1.89 bits per heavy atom. The third kappa shape index (κ3) is 5.21. The number of para-hydroxylation sites is 1. The molecule has 0 radical (unpaired) electrons. The van der Waals surface area contributed by atoms with Gasteiger partial charge in [0.05, 0.1) is 17.7 Å². The highest BCUT2D eigenvalue weighted by molar-refractivity contribution is 6.32. The number of dihydropyridines is 1. The van der Waals surface area contributed by atoms with Gasteiger partial charge < -0.3 is 24.6 Å². The van der Waals surface area contributed by atoms with Crippen LogP contribution in [0, 0.1) is 5.41 Å². The van der Waals surface area contributed by atoms with E-state index in [1.165, 1.54) is 7.11 Å². The molecule has 0 amide bonds. The van der Waals surface area contributed by atoms with Crippen molar-refractivity contribution in [1.29, 1.82) is 0 Å². The number of allylic oxidation sites excluding steroid dienone is 3. The van der Waals surface area contributed by atoms with Crippen LogP contribution in [0.1, 0.15) is 45.1 Å². The van der Waals surface area contributed by atoms with E-state index in [4.69, 9.17) is 25.8 Å². The molecule has 36 heavy (non-hydrogen) atoms. The molecule has 0 unspecified atom stereocenters. The Balaban J connectivity index is 1.67. The Morgan fingerprint density at radius 1 is 1.17 bits per heavy atom. The van der Waals surface area contributed by atoms with Crippen LogP contribution in [0.15, 0.2) is 65.0 Å². The standard InChI is InChI=1S/C28H30ClNO6/c1-16-23(27(33)36-11-10-35-18-8-6-5-7-9-18)24(17-12-19(29)26(32)22(13-17)34-4)25-20(30-16)14-28(2,3)15-21(25)31/h5-9,12-13,24,30,32H,10-11,14-15H2,1-4H3/t24-/m0/s1. The number of ketones is 1. The molecule has 2 aliphatic rings. The SMILES string of the molecule is COc1cc([C@H]2C(C(=O)OCCOc3ccccc3)=C(C)NC3=C2C(=O)CC(C)(C)C3)cc(Cl)c1O. The van der Waals surface area contributed by atoms with Gasteiger partial charge in [-0.05, 0) is 48.6 Å². The van der Waals surface area contributed by atoms with E-state index in [1.807, 2.05) is 44.2 Å². The lowest BCUT2D eigenvalue weighted by Gasteiger charge is -2.39. The number of ether oxygens (including phenoxy) is 3. The number of hydrogen-bond acceptors (Lipinski definition) is 7. The van der Waals surface area contributed by atoms with Crippen LogP contribution in [-0.2, 0) is 14.3 Å².